The summed E-state index contributed by atoms with van der Waals surface area (Å²) in [5.41, 5.74) is 5.42. The first-order chi connectivity index (χ1) is 19.2. The minimum absolute atomic E-state index is 0.0756. The molecule has 2 heterocycles. The van der Waals surface area contributed by atoms with E-state index in [1.54, 1.807) is 0 Å². The number of carbonyl (C=O) groups excluding carboxylic acids is 1. The largest absolute Gasteiger partial charge is 0.397 e. The standard InChI is InChI=1S/C17H32N2O20S3/c1-7(20)19-10-12(22)14(9(6-35-41(27,28)29)37-16(10)33-4-2-3-18)38-17-13(23)15(39-42(30,31)32)11(21)8(36-17)5-34-40(24,25)26/h8-17,21-23H,2-6,18H2,1H3,(H,19,20)(H,24,25,26)(H,27,28,29)(H,30,31,32)/t8-,9-,10-,11+,12-,13-,14-,15+,16+,17+/m1/s1. The third-order valence-electron chi connectivity index (χ3n) is 5.60. The molecule has 2 saturated heterocycles. The summed E-state index contributed by atoms with van der Waals surface area (Å²) >= 11 is 0. The molecule has 1 amide bonds. The van der Waals surface area contributed by atoms with E-state index in [-0.39, 0.29) is 19.6 Å². The molecule has 2 aliphatic rings. The normalized spacial score (nSPS) is 34.7. The van der Waals surface area contributed by atoms with E-state index in [0.29, 0.717) is 0 Å². The molecular formula is C17H32N2O20S3. The summed E-state index contributed by atoms with van der Waals surface area (Å²) in [6.07, 6.45) is -18.0. The minimum Gasteiger partial charge on any atom is -0.388 e. The van der Waals surface area contributed by atoms with Crippen molar-refractivity contribution in [1.82, 2.24) is 5.32 Å². The third kappa shape index (κ3) is 11.7. The number of aliphatic hydroxyl groups is 3. The molecule has 0 bridgehead atoms. The lowest BCUT2D eigenvalue weighted by Gasteiger charge is -2.47. The first-order valence-electron chi connectivity index (χ1n) is 11.7. The summed E-state index contributed by atoms with van der Waals surface area (Å²) in [6.45, 7) is -1.18. The number of ether oxygens (including phenoxy) is 4. The van der Waals surface area contributed by atoms with Gasteiger partial charge in [0.05, 0.1) is 19.8 Å². The van der Waals surface area contributed by atoms with Crippen LogP contribution in [0.1, 0.15) is 13.3 Å². The molecule has 0 aliphatic carbocycles. The molecule has 22 nitrogen and oxygen atoms in total. The van der Waals surface area contributed by atoms with Crippen molar-refractivity contribution in [3.05, 3.63) is 0 Å². The SMILES string of the molecule is CC(=O)N[C@H]1[C@@H](OCCCN)O[C@H](COS(=O)(=O)O)[C@@H](O[C@@H]2O[C@H](COS(=O)(=O)O)[C@H](O)[C@H](OS(=O)(=O)O)[C@H]2O)[C@@H]1O. The molecule has 0 aromatic rings. The number of rotatable bonds is 15. The highest BCUT2D eigenvalue weighted by molar-refractivity contribution is 7.81. The number of amides is 1. The van der Waals surface area contributed by atoms with Gasteiger partial charge in [-0.15, -0.1) is 0 Å². The molecule has 248 valence electrons. The van der Waals surface area contributed by atoms with E-state index in [4.69, 9.17) is 38.3 Å². The second-order valence-electron chi connectivity index (χ2n) is 8.81. The Morgan fingerprint density at radius 1 is 0.810 bits per heavy atom. The fraction of sp³-hybridized carbons (Fsp3) is 0.941. The zero-order valence-corrected chi connectivity index (χ0v) is 24.0. The molecule has 2 aliphatic heterocycles. The minimum atomic E-state index is -5.40. The number of nitrogens with one attached hydrogen (secondary N) is 1. The van der Waals surface area contributed by atoms with Crippen molar-refractivity contribution in [2.75, 3.05) is 26.4 Å². The van der Waals surface area contributed by atoms with Gasteiger partial charge in [0.2, 0.25) is 5.91 Å². The fourth-order valence-electron chi connectivity index (χ4n) is 3.90. The Kier molecular flexibility index (Phi) is 13.3. The van der Waals surface area contributed by atoms with Crippen LogP contribution in [0.4, 0.5) is 0 Å². The number of aliphatic hydroxyl groups excluding tert-OH is 3. The van der Waals surface area contributed by atoms with Gasteiger partial charge in [-0.05, 0) is 13.0 Å². The van der Waals surface area contributed by atoms with E-state index in [2.05, 4.69) is 17.9 Å². The van der Waals surface area contributed by atoms with E-state index in [9.17, 15) is 45.4 Å². The zero-order chi connectivity index (χ0) is 32.0. The van der Waals surface area contributed by atoms with Crippen LogP contribution in [0, 0.1) is 0 Å². The smallest absolute Gasteiger partial charge is 0.388 e. The average Bonchev–Trinajstić information content (AvgIpc) is 2.83. The van der Waals surface area contributed by atoms with Gasteiger partial charge in [0.15, 0.2) is 12.6 Å². The Morgan fingerprint density at radius 2 is 1.36 bits per heavy atom. The number of nitrogens with two attached hydrogens (primary N) is 1. The van der Waals surface area contributed by atoms with E-state index < -0.39 is 112 Å². The Hall–Kier alpha value is -1.24. The van der Waals surface area contributed by atoms with Gasteiger partial charge in [0.25, 0.3) is 0 Å². The number of carbonyl (C=O) groups is 1. The first kappa shape index (κ1) is 36.9. The number of hydrogen-bond donors (Lipinski definition) is 8. The van der Waals surface area contributed by atoms with Crippen LogP contribution in [0.2, 0.25) is 0 Å². The predicted octanol–water partition coefficient (Wildman–Crippen LogP) is -5.40. The van der Waals surface area contributed by atoms with Crippen LogP contribution in [0.3, 0.4) is 0 Å². The van der Waals surface area contributed by atoms with Crippen LogP contribution in [-0.2, 0) is 67.5 Å². The van der Waals surface area contributed by atoms with Crippen molar-refractivity contribution < 1.29 is 90.5 Å². The molecule has 0 spiro atoms. The highest BCUT2D eigenvalue weighted by Gasteiger charge is 2.53. The number of hydrogen-bond acceptors (Lipinski definition) is 18. The Bertz CT molecular complexity index is 1210. The zero-order valence-electron chi connectivity index (χ0n) is 21.5. The van der Waals surface area contributed by atoms with Gasteiger partial charge in [-0.2, -0.15) is 25.3 Å². The van der Waals surface area contributed by atoms with Crippen LogP contribution in [-0.4, -0.2) is 148 Å². The fourth-order valence-corrected chi connectivity index (χ4v) is 5.02. The van der Waals surface area contributed by atoms with Gasteiger partial charge < -0.3 is 45.3 Å². The second-order valence-corrected chi connectivity index (χ2v) is 12.0. The van der Waals surface area contributed by atoms with Gasteiger partial charge in [-0.1, -0.05) is 0 Å². The van der Waals surface area contributed by atoms with Crippen molar-refractivity contribution in [1.29, 1.82) is 0 Å². The molecule has 0 unspecified atom stereocenters. The molecule has 2 rings (SSSR count). The first-order valence-corrected chi connectivity index (χ1v) is 15.8. The van der Waals surface area contributed by atoms with E-state index in [1.165, 1.54) is 0 Å². The molecule has 2 fully saturated rings. The van der Waals surface area contributed by atoms with E-state index >= 15 is 0 Å². The van der Waals surface area contributed by atoms with Crippen molar-refractivity contribution in [2.24, 2.45) is 5.73 Å². The van der Waals surface area contributed by atoms with Gasteiger partial charge in [0.1, 0.15) is 48.8 Å². The summed E-state index contributed by atoms with van der Waals surface area (Å²) in [4.78, 5) is 11.8. The second kappa shape index (κ2) is 15.2. The van der Waals surface area contributed by atoms with Crippen molar-refractivity contribution in [3.63, 3.8) is 0 Å². The third-order valence-corrected chi connectivity index (χ3v) is 6.94. The van der Waals surface area contributed by atoms with Gasteiger partial charge in [-0.3, -0.25) is 18.5 Å². The van der Waals surface area contributed by atoms with Crippen LogP contribution in [0.5, 0.6) is 0 Å². The molecule has 0 radical (unpaired) electrons. The lowest BCUT2D eigenvalue weighted by atomic mass is 9.95. The molecule has 25 heteroatoms. The Balaban J connectivity index is 2.45. The summed E-state index contributed by atoms with van der Waals surface area (Å²) in [5, 5.41) is 34.5. The Morgan fingerprint density at radius 3 is 1.86 bits per heavy atom. The lowest BCUT2D eigenvalue weighted by molar-refractivity contribution is -0.345. The van der Waals surface area contributed by atoms with Crippen molar-refractivity contribution in [3.8, 4) is 0 Å². The highest BCUT2D eigenvalue weighted by Crippen LogP contribution is 2.31. The molecular weight excluding hydrogens is 648 g/mol. The highest BCUT2D eigenvalue weighted by atomic mass is 32.3. The van der Waals surface area contributed by atoms with Crippen molar-refractivity contribution in [2.45, 2.75) is 74.7 Å². The van der Waals surface area contributed by atoms with Crippen LogP contribution in [0.15, 0.2) is 0 Å². The summed E-state index contributed by atoms with van der Waals surface area (Å²) in [6, 6.07) is -1.47. The maximum Gasteiger partial charge on any atom is 0.397 e. The van der Waals surface area contributed by atoms with Gasteiger partial charge in [0, 0.05) is 6.92 Å². The molecule has 0 saturated carbocycles. The molecule has 10 atom stereocenters. The predicted molar refractivity (Wildman–Crippen MR) is 129 cm³/mol. The van der Waals surface area contributed by atoms with Crippen LogP contribution < -0.4 is 11.1 Å². The lowest BCUT2D eigenvalue weighted by Crippen LogP contribution is -2.68. The molecule has 9 N–H and O–H groups in total. The average molecular weight is 681 g/mol. The summed E-state index contributed by atoms with van der Waals surface area (Å²) in [5.74, 6) is -0.720. The summed E-state index contributed by atoms with van der Waals surface area (Å²) < 4.78 is 129. The van der Waals surface area contributed by atoms with Crippen molar-refractivity contribution >= 4 is 37.1 Å². The maximum atomic E-state index is 11.8. The molecule has 0 aromatic carbocycles. The molecule has 0 aromatic heterocycles. The monoisotopic (exact) mass is 680 g/mol. The topological polar surface area (TPSA) is 344 Å². The maximum absolute atomic E-state index is 11.8. The summed E-state index contributed by atoms with van der Waals surface area (Å²) in [7, 11) is -15.7. The van der Waals surface area contributed by atoms with Gasteiger partial charge >= 0.3 is 31.2 Å². The Labute approximate surface area is 239 Å². The molecule has 42 heavy (non-hydrogen) atoms. The quantitative estimate of drug-likeness (QED) is 0.0591. The van der Waals surface area contributed by atoms with Crippen LogP contribution >= 0.6 is 0 Å². The van der Waals surface area contributed by atoms with Gasteiger partial charge in [-0.25, -0.2) is 12.5 Å². The van der Waals surface area contributed by atoms with E-state index in [1.807, 2.05) is 0 Å². The van der Waals surface area contributed by atoms with E-state index in [0.717, 1.165) is 6.92 Å². The van der Waals surface area contributed by atoms with Crippen LogP contribution in [0.25, 0.3) is 0 Å².